The summed E-state index contributed by atoms with van der Waals surface area (Å²) in [7, 11) is -4.37. The second-order valence-electron chi connectivity index (χ2n) is 16.7. The van der Waals surface area contributed by atoms with Gasteiger partial charge in [-0.2, -0.15) is 12.7 Å². The largest absolute Gasteiger partial charge is 0.388 e. The molecule has 19 heteroatoms. The van der Waals surface area contributed by atoms with E-state index in [9.17, 15) is 37.1 Å². The minimum atomic E-state index is -4.37. The van der Waals surface area contributed by atoms with E-state index >= 15 is 8.78 Å². The van der Waals surface area contributed by atoms with E-state index in [0.29, 0.717) is 35.1 Å². The van der Waals surface area contributed by atoms with Crippen molar-refractivity contribution in [2.45, 2.75) is 57.5 Å². The van der Waals surface area contributed by atoms with Gasteiger partial charge in [-0.25, -0.2) is 18.2 Å². The van der Waals surface area contributed by atoms with E-state index in [1.807, 2.05) is 42.0 Å². The third kappa shape index (κ3) is 8.23. The van der Waals surface area contributed by atoms with Crippen LogP contribution in [0.1, 0.15) is 74.8 Å². The Hall–Kier alpha value is -6.15. The van der Waals surface area contributed by atoms with E-state index in [2.05, 4.69) is 25.1 Å². The number of hydrogen-bond donors (Lipinski definition) is 4. The number of anilines is 2. The summed E-state index contributed by atoms with van der Waals surface area (Å²) in [6, 6.07) is 14.1. The molecule has 0 saturated carbocycles. The van der Waals surface area contributed by atoms with Crippen molar-refractivity contribution in [3.63, 3.8) is 0 Å². The van der Waals surface area contributed by atoms with Crippen LogP contribution in [-0.2, 0) is 26.3 Å². The fraction of sp³-hybridized carbons (Fsp3) is 0.356. The minimum Gasteiger partial charge on any atom is -0.388 e. The molecule has 0 unspecified atom stereocenters. The van der Waals surface area contributed by atoms with Crippen LogP contribution in [0.25, 0.3) is 22.2 Å². The third-order valence-electron chi connectivity index (χ3n) is 12.7. The highest BCUT2D eigenvalue weighted by Gasteiger charge is 2.40. The zero-order chi connectivity index (χ0) is 45.0. The molecule has 6 heterocycles. The highest BCUT2D eigenvalue weighted by atomic mass is 32.2. The molecule has 4 aliphatic rings. The van der Waals surface area contributed by atoms with Gasteiger partial charge in [-0.3, -0.25) is 34.1 Å². The number of amides is 3. The van der Waals surface area contributed by atoms with Crippen molar-refractivity contribution < 1.29 is 45.9 Å². The van der Waals surface area contributed by atoms with Crippen LogP contribution < -0.4 is 14.9 Å². The molecule has 3 amide bonds. The number of alkyl halides is 1. The fourth-order valence-electron chi connectivity index (χ4n) is 9.09. The number of fused-ring (bicyclic) bond motifs is 2. The van der Waals surface area contributed by atoms with E-state index < -0.39 is 69.6 Å². The van der Waals surface area contributed by atoms with Crippen molar-refractivity contribution in [1.82, 2.24) is 29.4 Å². The summed E-state index contributed by atoms with van der Waals surface area (Å²) in [6.45, 7) is 5.31. The average molecular weight is 899 g/mol. The Morgan fingerprint density at radius 1 is 0.984 bits per heavy atom. The third-order valence-corrected chi connectivity index (χ3v) is 14.2. The number of aryl methyl sites for hydroxylation is 1. The number of nitrogens with one attached hydrogen (secondary N) is 3. The smallest absolute Gasteiger partial charge is 0.301 e. The van der Waals surface area contributed by atoms with Crippen molar-refractivity contribution in [3.8, 4) is 11.1 Å². The standard InChI is InChI=1S/C45H45F3N8O7S/c1-25-18-32-28(23-56(45(32)61)37-8-9-39(58)51-44(37)60)20-31(25)38(57)11-12-53-14-16-54(17-15-53)30-4-2-26(3-5-30)27-19-33-34(22-50-43(33)49-21-27)42(59)40-35(47)6-7-36(41(40)48)52-64(62,63)55-13-10-29(46)24-55/h2-7,18-22,29,37-38,52,57H,8-17,23-24H2,1H3,(H,49,50)(H,51,58,60)/t29-,37+,38+/m1/s1. The second-order valence-corrected chi connectivity index (χ2v) is 18.4. The molecular formula is C45H45F3N8O7S. The number of halogens is 3. The monoisotopic (exact) mass is 898 g/mol. The van der Waals surface area contributed by atoms with E-state index in [-0.39, 0.29) is 49.7 Å². The maximum atomic E-state index is 15.7. The zero-order valence-electron chi connectivity index (χ0n) is 34.7. The van der Waals surface area contributed by atoms with Gasteiger partial charge in [0.05, 0.1) is 17.4 Å². The number of H-pyrrole nitrogens is 1. The van der Waals surface area contributed by atoms with E-state index in [1.54, 1.807) is 18.3 Å². The zero-order valence-corrected chi connectivity index (χ0v) is 35.6. The number of hydrogen-bond acceptors (Lipinski definition) is 10. The van der Waals surface area contributed by atoms with Crippen LogP contribution in [0.5, 0.6) is 0 Å². The number of nitrogens with zero attached hydrogens (tertiary/aromatic N) is 5. The molecule has 5 aromatic rings. The van der Waals surface area contributed by atoms with Crippen molar-refractivity contribution >= 4 is 56.1 Å². The summed E-state index contributed by atoms with van der Waals surface area (Å²) in [6.07, 6.45) is 1.75. The average Bonchev–Trinajstić information content (AvgIpc) is 4.00. The molecule has 0 radical (unpaired) electrons. The van der Waals surface area contributed by atoms with Crippen LogP contribution in [0.15, 0.2) is 67.0 Å². The first-order valence-corrected chi connectivity index (χ1v) is 22.5. The number of carbonyl (C=O) groups excluding carboxylic acids is 4. The molecule has 0 aliphatic carbocycles. The van der Waals surface area contributed by atoms with Crippen LogP contribution >= 0.6 is 0 Å². The number of aromatic amines is 1. The second kappa shape index (κ2) is 17.1. The van der Waals surface area contributed by atoms with Crippen molar-refractivity contribution in [3.05, 3.63) is 112 Å². The Labute approximate surface area is 366 Å². The molecule has 9 rings (SSSR count). The molecule has 3 atom stereocenters. The predicted octanol–water partition coefficient (Wildman–Crippen LogP) is 4.75. The van der Waals surface area contributed by atoms with Crippen molar-refractivity contribution in [1.29, 1.82) is 0 Å². The minimum absolute atomic E-state index is 0.00573. The Morgan fingerprint density at radius 2 is 1.75 bits per heavy atom. The Bertz CT molecular complexity index is 2810. The number of carbonyl (C=O) groups is 4. The summed E-state index contributed by atoms with van der Waals surface area (Å²) < 4.78 is 73.0. The molecule has 2 aromatic heterocycles. The highest BCUT2D eigenvalue weighted by Crippen LogP contribution is 2.34. The van der Waals surface area contributed by atoms with E-state index in [0.717, 1.165) is 70.6 Å². The van der Waals surface area contributed by atoms with Crippen LogP contribution in [0, 0.1) is 18.6 Å². The van der Waals surface area contributed by atoms with E-state index in [4.69, 9.17) is 0 Å². The normalized spacial score (nSPS) is 20.2. The van der Waals surface area contributed by atoms with Gasteiger partial charge in [0.25, 0.3) is 5.91 Å². The summed E-state index contributed by atoms with van der Waals surface area (Å²) in [5, 5.41) is 13.9. The highest BCUT2D eigenvalue weighted by molar-refractivity contribution is 7.90. The van der Waals surface area contributed by atoms with Crippen LogP contribution in [-0.4, -0.2) is 119 Å². The number of rotatable bonds is 12. The van der Waals surface area contributed by atoms with Gasteiger partial charge in [0, 0.05) is 98.9 Å². The molecule has 4 aliphatic heterocycles. The van der Waals surface area contributed by atoms with Crippen LogP contribution in [0.4, 0.5) is 24.5 Å². The van der Waals surface area contributed by atoms with Gasteiger partial charge in [0.2, 0.25) is 17.6 Å². The SMILES string of the molecule is Cc1cc2c(cc1[C@@H](O)CCN1CCN(c3ccc(-c4cnc5[nH]cc(C(=O)c6c(F)ccc(NS(=O)(=O)N7CC[C@@H](F)C7)c6F)c5c4)cc3)CC1)CN([C@H]1CCC(=O)NC1=O)C2=O. The van der Waals surface area contributed by atoms with Gasteiger partial charge in [0.1, 0.15) is 23.7 Å². The summed E-state index contributed by atoms with van der Waals surface area (Å²) in [5.74, 6) is -4.66. The summed E-state index contributed by atoms with van der Waals surface area (Å²) in [5.41, 5.74) is 3.89. The van der Waals surface area contributed by atoms with Gasteiger partial charge >= 0.3 is 10.2 Å². The fourth-order valence-corrected chi connectivity index (χ4v) is 10.4. The van der Waals surface area contributed by atoms with Crippen molar-refractivity contribution in [2.75, 3.05) is 55.4 Å². The molecule has 64 heavy (non-hydrogen) atoms. The number of aliphatic hydroxyl groups excluding tert-OH is 1. The summed E-state index contributed by atoms with van der Waals surface area (Å²) >= 11 is 0. The Balaban J connectivity index is 0.814. The quantitative estimate of drug-likeness (QED) is 0.101. The number of aliphatic hydroxyl groups is 1. The number of imide groups is 1. The Morgan fingerprint density at radius 3 is 2.47 bits per heavy atom. The molecule has 15 nitrogen and oxygen atoms in total. The molecule has 0 bridgehead atoms. The number of benzene rings is 3. The van der Waals surface area contributed by atoms with Crippen molar-refractivity contribution in [2.24, 2.45) is 0 Å². The van der Waals surface area contributed by atoms with E-state index in [1.165, 1.54) is 11.1 Å². The maximum absolute atomic E-state index is 15.7. The van der Waals surface area contributed by atoms with Gasteiger partial charge in [0.15, 0.2) is 5.82 Å². The number of piperidine rings is 1. The lowest BCUT2D eigenvalue weighted by Gasteiger charge is -2.36. The molecule has 4 N–H and O–H groups in total. The molecule has 0 spiro atoms. The summed E-state index contributed by atoms with van der Waals surface area (Å²) in [4.78, 5) is 64.4. The first kappa shape index (κ1) is 43.1. The maximum Gasteiger partial charge on any atom is 0.301 e. The first-order chi connectivity index (χ1) is 30.6. The lowest BCUT2D eigenvalue weighted by atomic mass is 9.95. The number of pyridine rings is 1. The molecule has 3 fully saturated rings. The van der Waals surface area contributed by atoms with Gasteiger partial charge in [-0.15, -0.1) is 0 Å². The molecule has 3 aromatic carbocycles. The number of ketones is 1. The lowest BCUT2D eigenvalue weighted by molar-refractivity contribution is -0.136. The number of piperazine rings is 1. The number of aromatic nitrogens is 2. The Kier molecular flexibility index (Phi) is 11.5. The van der Waals surface area contributed by atoms with Crippen LogP contribution in [0.2, 0.25) is 0 Å². The van der Waals surface area contributed by atoms with Gasteiger partial charge in [-0.05, 0) is 84.8 Å². The first-order valence-electron chi connectivity index (χ1n) is 21.1. The van der Waals surface area contributed by atoms with Gasteiger partial charge < -0.3 is 19.9 Å². The molecule has 334 valence electrons. The predicted molar refractivity (Wildman–Crippen MR) is 230 cm³/mol. The molecular weight excluding hydrogens is 854 g/mol. The van der Waals surface area contributed by atoms with Gasteiger partial charge in [-0.1, -0.05) is 18.2 Å². The molecule has 3 saturated heterocycles. The lowest BCUT2D eigenvalue weighted by Crippen LogP contribution is -2.52. The van der Waals surface area contributed by atoms with Crippen LogP contribution in [0.3, 0.4) is 0 Å². The topological polar surface area (TPSA) is 188 Å².